The second-order valence-electron chi connectivity index (χ2n) is 10.4. The van der Waals surface area contributed by atoms with Crippen molar-refractivity contribution in [3.8, 4) is 5.75 Å². The summed E-state index contributed by atoms with van der Waals surface area (Å²) in [4.78, 5) is 41.8. The minimum absolute atomic E-state index is 0.00704. The minimum Gasteiger partial charge on any atom is -0.497 e. The molecule has 2 heterocycles. The van der Waals surface area contributed by atoms with E-state index in [1.165, 1.54) is 17.1 Å². The molecule has 2 aromatic rings. The van der Waals surface area contributed by atoms with Crippen LogP contribution < -0.4 is 4.74 Å². The van der Waals surface area contributed by atoms with E-state index in [1.807, 2.05) is 24.3 Å². The van der Waals surface area contributed by atoms with Gasteiger partial charge in [-0.1, -0.05) is 18.6 Å². The summed E-state index contributed by atoms with van der Waals surface area (Å²) in [5, 5.41) is 17.3. The van der Waals surface area contributed by atoms with Gasteiger partial charge in [0.25, 0.3) is 11.6 Å². The number of nitro benzene ring substituents is 1. The van der Waals surface area contributed by atoms with E-state index in [0.29, 0.717) is 49.7 Å². The molecule has 11 heteroatoms. The Hall–Kier alpha value is -3.83. The molecule has 3 aliphatic rings. The molecule has 1 saturated carbocycles. The fraction of sp³-hybridized carbons (Fsp3) is 0.483. The number of amides is 2. The van der Waals surface area contributed by atoms with Gasteiger partial charge in [0, 0.05) is 50.7 Å². The van der Waals surface area contributed by atoms with Gasteiger partial charge in [0.1, 0.15) is 12.3 Å². The van der Waals surface area contributed by atoms with Crippen molar-refractivity contribution in [3.05, 3.63) is 69.8 Å². The topological polar surface area (TPSA) is 118 Å². The molecule has 0 aromatic heterocycles. The first-order valence-corrected chi connectivity index (χ1v) is 13.8. The molecule has 2 amide bonds. The van der Waals surface area contributed by atoms with Gasteiger partial charge < -0.3 is 14.4 Å². The van der Waals surface area contributed by atoms with E-state index in [-0.39, 0.29) is 36.0 Å². The van der Waals surface area contributed by atoms with Gasteiger partial charge in [-0.05, 0) is 48.2 Å². The Bertz CT molecular complexity index is 1240. The van der Waals surface area contributed by atoms with Gasteiger partial charge in [-0.15, -0.1) is 0 Å². The van der Waals surface area contributed by atoms with Crippen molar-refractivity contribution in [1.82, 2.24) is 14.8 Å². The summed E-state index contributed by atoms with van der Waals surface area (Å²) in [6.45, 7) is 4.08. The van der Waals surface area contributed by atoms with Crippen LogP contribution in [0.15, 0.2) is 53.6 Å². The highest BCUT2D eigenvalue weighted by atomic mass is 16.6. The molecule has 0 spiro atoms. The summed E-state index contributed by atoms with van der Waals surface area (Å²) in [5.74, 6) is 0.462. The molecule has 2 aliphatic heterocycles. The highest BCUT2D eigenvalue weighted by molar-refractivity contribution is 6.03. The molecule has 11 nitrogen and oxygen atoms in total. The van der Waals surface area contributed by atoms with Crippen LogP contribution in [0.25, 0.3) is 0 Å². The lowest BCUT2D eigenvalue weighted by Gasteiger charge is -2.34. The standard InChI is InChI=1S/C29H35N5O6/c1-39-25-11-7-22(8-12-25)27-19-26(21-5-9-24(10-6-21)34(37)38)30-33(27)28(35)20-32(29(36)23-3-2-4-23)14-13-31-15-17-40-18-16-31/h5-12,23,27H,2-4,13-20H2,1H3/t27-/m0/s1. The first-order valence-electron chi connectivity index (χ1n) is 13.8. The number of carbonyl (C=O) groups excluding carboxylic acids is 2. The normalized spacial score (nSPS) is 19.6. The van der Waals surface area contributed by atoms with Gasteiger partial charge in [-0.2, -0.15) is 5.10 Å². The van der Waals surface area contributed by atoms with Crippen molar-refractivity contribution >= 4 is 23.2 Å². The Morgan fingerprint density at radius 1 is 1.10 bits per heavy atom. The largest absolute Gasteiger partial charge is 0.497 e. The summed E-state index contributed by atoms with van der Waals surface area (Å²) in [7, 11) is 1.60. The van der Waals surface area contributed by atoms with Gasteiger partial charge in [-0.3, -0.25) is 24.6 Å². The van der Waals surface area contributed by atoms with Crippen LogP contribution in [0.2, 0.25) is 0 Å². The van der Waals surface area contributed by atoms with E-state index >= 15 is 0 Å². The van der Waals surface area contributed by atoms with Gasteiger partial charge in [0.05, 0.1) is 37.0 Å². The predicted molar refractivity (Wildman–Crippen MR) is 148 cm³/mol. The van der Waals surface area contributed by atoms with Crippen molar-refractivity contribution in [3.63, 3.8) is 0 Å². The summed E-state index contributed by atoms with van der Waals surface area (Å²) in [6, 6.07) is 13.3. The second-order valence-corrected chi connectivity index (χ2v) is 10.4. The maximum absolute atomic E-state index is 13.8. The van der Waals surface area contributed by atoms with Crippen LogP contribution in [-0.4, -0.2) is 90.3 Å². The van der Waals surface area contributed by atoms with Gasteiger partial charge >= 0.3 is 0 Å². The number of ether oxygens (including phenoxy) is 2. The molecule has 0 bridgehead atoms. The molecule has 0 unspecified atom stereocenters. The average Bonchev–Trinajstić information content (AvgIpc) is 3.40. The Morgan fingerprint density at radius 3 is 2.40 bits per heavy atom. The summed E-state index contributed by atoms with van der Waals surface area (Å²) in [6.07, 6.45) is 3.21. The summed E-state index contributed by atoms with van der Waals surface area (Å²) < 4.78 is 10.7. The quantitative estimate of drug-likeness (QED) is 0.330. The number of methoxy groups -OCH3 is 1. The summed E-state index contributed by atoms with van der Waals surface area (Å²) >= 11 is 0. The van der Waals surface area contributed by atoms with Crippen LogP contribution in [0.3, 0.4) is 0 Å². The zero-order chi connectivity index (χ0) is 28.1. The van der Waals surface area contributed by atoms with E-state index in [9.17, 15) is 19.7 Å². The first-order chi connectivity index (χ1) is 19.4. The number of morpholine rings is 1. The number of non-ortho nitro benzene ring substituents is 1. The number of carbonyl (C=O) groups is 2. The molecule has 212 valence electrons. The highest BCUT2D eigenvalue weighted by Gasteiger charge is 2.36. The third kappa shape index (κ3) is 6.31. The molecular formula is C29H35N5O6. The van der Waals surface area contributed by atoms with E-state index in [1.54, 1.807) is 24.1 Å². The number of rotatable bonds is 10. The zero-order valence-electron chi connectivity index (χ0n) is 22.7. The van der Waals surface area contributed by atoms with E-state index < -0.39 is 4.92 Å². The molecule has 2 fully saturated rings. The highest BCUT2D eigenvalue weighted by Crippen LogP contribution is 2.34. The van der Waals surface area contributed by atoms with Crippen LogP contribution in [0, 0.1) is 16.0 Å². The third-order valence-electron chi connectivity index (χ3n) is 7.96. The van der Waals surface area contributed by atoms with Crippen LogP contribution >= 0.6 is 0 Å². The Kier molecular flexibility index (Phi) is 8.71. The fourth-order valence-corrected chi connectivity index (χ4v) is 5.28. The first kappa shape index (κ1) is 27.7. The van der Waals surface area contributed by atoms with Crippen LogP contribution in [0.1, 0.15) is 42.9 Å². The van der Waals surface area contributed by atoms with Crippen molar-refractivity contribution in [2.45, 2.75) is 31.7 Å². The van der Waals surface area contributed by atoms with Crippen LogP contribution in [-0.2, 0) is 14.3 Å². The van der Waals surface area contributed by atoms with Crippen LogP contribution in [0.4, 0.5) is 5.69 Å². The van der Waals surface area contributed by atoms with Crippen molar-refractivity contribution in [2.75, 3.05) is 53.0 Å². The molecule has 2 aromatic carbocycles. The molecule has 0 N–H and O–H groups in total. The van der Waals surface area contributed by atoms with E-state index in [4.69, 9.17) is 14.6 Å². The lowest BCUT2D eigenvalue weighted by molar-refractivity contribution is -0.384. The van der Waals surface area contributed by atoms with Crippen molar-refractivity contribution in [1.29, 1.82) is 0 Å². The number of nitrogens with zero attached hydrogens (tertiary/aromatic N) is 5. The SMILES string of the molecule is COc1ccc([C@@H]2CC(c3ccc([N+](=O)[O-])cc3)=NN2C(=O)CN(CCN2CCOCC2)C(=O)C2CCC2)cc1. The molecule has 1 aliphatic carbocycles. The molecule has 5 rings (SSSR count). The van der Waals surface area contributed by atoms with Crippen LogP contribution in [0.5, 0.6) is 5.75 Å². The van der Waals surface area contributed by atoms with E-state index in [0.717, 1.165) is 37.9 Å². The fourth-order valence-electron chi connectivity index (χ4n) is 5.28. The molecule has 40 heavy (non-hydrogen) atoms. The Labute approximate surface area is 233 Å². The molecule has 1 saturated heterocycles. The minimum atomic E-state index is -0.444. The maximum atomic E-state index is 13.8. The van der Waals surface area contributed by atoms with Crippen molar-refractivity contribution < 1.29 is 24.0 Å². The smallest absolute Gasteiger partial charge is 0.269 e. The van der Waals surface area contributed by atoms with E-state index in [2.05, 4.69) is 4.90 Å². The van der Waals surface area contributed by atoms with Gasteiger partial charge in [0.2, 0.25) is 5.91 Å². The molecule has 0 radical (unpaired) electrons. The number of nitro groups is 1. The number of hydrogen-bond donors (Lipinski definition) is 0. The Morgan fingerprint density at radius 2 is 1.80 bits per heavy atom. The summed E-state index contributed by atoms with van der Waals surface area (Å²) in [5.41, 5.74) is 2.26. The Balaban J connectivity index is 1.37. The average molecular weight is 550 g/mol. The maximum Gasteiger partial charge on any atom is 0.269 e. The number of benzene rings is 2. The van der Waals surface area contributed by atoms with Crippen molar-refractivity contribution in [2.24, 2.45) is 11.0 Å². The van der Waals surface area contributed by atoms with Gasteiger partial charge in [0.15, 0.2) is 0 Å². The second kappa shape index (κ2) is 12.6. The number of hydrogen-bond acceptors (Lipinski definition) is 8. The lowest BCUT2D eigenvalue weighted by atomic mass is 9.84. The zero-order valence-corrected chi connectivity index (χ0v) is 22.7. The molecule has 1 atom stereocenters. The predicted octanol–water partition coefficient (Wildman–Crippen LogP) is 3.24. The molecular weight excluding hydrogens is 514 g/mol. The van der Waals surface area contributed by atoms with Gasteiger partial charge in [-0.25, -0.2) is 5.01 Å². The monoisotopic (exact) mass is 549 g/mol. The third-order valence-corrected chi connectivity index (χ3v) is 7.96. The number of hydrazone groups is 1. The lowest BCUT2D eigenvalue weighted by Crippen LogP contribution is -2.49.